The maximum atomic E-state index is 9.60. The van der Waals surface area contributed by atoms with Gasteiger partial charge in [-0.2, -0.15) is 5.26 Å². The number of carbonyl (C=O) groups is 1. The number of rotatable bonds is 8. The second kappa shape index (κ2) is 23.8. The maximum absolute atomic E-state index is 9.60. The normalized spacial score (nSPS) is 12.8. The van der Waals surface area contributed by atoms with E-state index in [1.165, 1.54) is 29.6 Å². The van der Waals surface area contributed by atoms with Gasteiger partial charge in [-0.1, -0.05) is 88.2 Å². The summed E-state index contributed by atoms with van der Waals surface area (Å²) >= 11 is 6.02. The van der Waals surface area contributed by atoms with Crippen molar-refractivity contribution in [2.45, 2.75) is 93.9 Å². The summed E-state index contributed by atoms with van der Waals surface area (Å²) in [6.07, 6.45) is 22.6. The minimum Gasteiger partial charge on any atom is -0.508 e. The molecule has 4 nitrogen and oxygen atoms in total. The molecule has 0 atom stereocenters. The molecule has 0 saturated carbocycles. The van der Waals surface area contributed by atoms with Gasteiger partial charge in [-0.15, -0.1) is 0 Å². The zero-order chi connectivity index (χ0) is 30.2. The molecule has 39 heavy (non-hydrogen) atoms. The number of unbranched alkanes of at least 4 members (excludes halogenated alkanes) is 1. The van der Waals surface area contributed by atoms with Gasteiger partial charge in [-0.25, -0.2) is 0 Å². The SMILES string of the molecule is CC.CCCC(=O)O.C\C=C/C(=C\C=C(/C)C1=CCC=C(Cl)C=C1)CCCC.Cc1cc(O)cc(C)c1C#N. The summed E-state index contributed by atoms with van der Waals surface area (Å²) in [7, 11) is 0. The standard InChI is InChI=1S/C19H25Cl.C9H9NO.C4H8O2.C2H6/c1-4-6-9-17(8-5-2)13-12-16(3)18-10-7-11-19(20)15-14-18;1-6-3-8(11)4-7(2)9(6)5-10;1-2-3-4(5)6;1-2/h5,8,10-15H,4,6-7,9H2,1-3H3;3-4,11H,1-2H3;2-3H2,1H3,(H,5,6);1-2H3/b8-5-,16-12+,17-13+;;;. The van der Waals surface area contributed by atoms with E-state index in [2.05, 4.69) is 63.3 Å². The number of nitrogens with zero attached hydrogens (tertiary/aromatic N) is 1. The van der Waals surface area contributed by atoms with E-state index in [0.717, 1.165) is 35.4 Å². The average molecular weight is 554 g/mol. The fraction of sp³-hybridized carbons (Fsp3) is 0.412. The molecule has 1 aromatic rings. The molecule has 1 aliphatic rings. The lowest BCUT2D eigenvalue weighted by atomic mass is 10.0. The molecule has 214 valence electrons. The fourth-order valence-electron chi connectivity index (χ4n) is 3.37. The van der Waals surface area contributed by atoms with Gasteiger partial charge in [0.05, 0.1) is 11.6 Å². The molecule has 2 N–H and O–H groups in total. The molecule has 5 heteroatoms. The number of halogens is 1. The molecule has 0 amide bonds. The van der Waals surface area contributed by atoms with Gasteiger partial charge >= 0.3 is 5.97 Å². The second-order valence-corrected chi connectivity index (χ2v) is 9.16. The topological polar surface area (TPSA) is 81.3 Å². The first-order valence-corrected chi connectivity index (χ1v) is 14.1. The number of hydrogen-bond acceptors (Lipinski definition) is 3. The third-order valence-corrected chi connectivity index (χ3v) is 5.65. The van der Waals surface area contributed by atoms with E-state index in [9.17, 15) is 4.79 Å². The molecule has 0 aromatic heterocycles. The highest BCUT2D eigenvalue weighted by molar-refractivity contribution is 6.31. The number of carboxylic acids is 1. The number of aromatic hydroxyl groups is 1. The van der Waals surface area contributed by atoms with Gasteiger partial charge in [-0.05, 0) is 99.4 Å². The predicted octanol–water partition coefficient (Wildman–Crippen LogP) is 10.4. The van der Waals surface area contributed by atoms with Gasteiger partial charge in [0.2, 0.25) is 0 Å². The van der Waals surface area contributed by atoms with E-state index in [4.69, 9.17) is 27.1 Å². The van der Waals surface area contributed by atoms with Crippen molar-refractivity contribution in [3.05, 3.63) is 99.2 Å². The lowest BCUT2D eigenvalue weighted by Gasteiger charge is -2.02. The van der Waals surface area contributed by atoms with Crippen LogP contribution >= 0.6 is 11.6 Å². The van der Waals surface area contributed by atoms with Crippen molar-refractivity contribution in [1.29, 1.82) is 5.26 Å². The molecule has 0 spiro atoms. The monoisotopic (exact) mass is 553 g/mol. The number of allylic oxidation sites excluding steroid dienone is 12. The van der Waals surface area contributed by atoms with Crippen LogP contribution in [0.1, 0.15) is 96.8 Å². The lowest BCUT2D eigenvalue weighted by Crippen LogP contribution is -1.90. The molecule has 0 saturated heterocycles. The largest absolute Gasteiger partial charge is 0.508 e. The van der Waals surface area contributed by atoms with Crippen LogP contribution in [0.3, 0.4) is 0 Å². The van der Waals surface area contributed by atoms with E-state index >= 15 is 0 Å². The number of phenolic OH excluding ortho intramolecular Hbond substituents is 1. The van der Waals surface area contributed by atoms with Crippen LogP contribution in [-0.2, 0) is 4.79 Å². The van der Waals surface area contributed by atoms with Crippen LogP contribution in [-0.4, -0.2) is 16.2 Å². The van der Waals surface area contributed by atoms with Crippen molar-refractivity contribution in [2.75, 3.05) is 0 Å². The summed E-state index contributed by atoms with van der Waals surface area (Å²) in [5.41, 5.74) is 6.23. The zero-order valence-electron chi connectivity index (χ0n) is 25.1. The summed E-state index contributed by atoms with van der Waals surface area (Å²) in [5, 5.41) is 26.5. The van der Waals surface area contributed by atoms with Gasteiger partial charge in [0.1, 0.15) is 5.75 Å². The predicted molar refractivity (Wildman–Crippen MR) is 168 cm³/mol. The Morgan fingerprint density at radius 3 is 2.13 bits per heavy atom. The Kier molecular flexibility index (Phi) is 23.1. The average Bonchev–Trinajstić information content (AvgIpc) is 3.11. The minimum atomic E-state index is -0.711. The lowest BCUT2D eigenvalue weighted by molar-refractivity contribution is -0.137. The molecule has 2 rings (SSSR count). The molecule has 1 aromatic carbocycles. The summed E-state index contributed by atoms with van der Waals surface area (Å²) in [6.45, 7) is 15.9. The van der Waals surface area contributed by atoms with Crippen LogP contribution in [0, 0.1) is 25.2 Å². The molecule has 1 aliphatic carbocycles. The Bertz CT molecular complexity index is 1070. The van der Waals surface area contributed by atoms with Crippen molar-refractivity contribution in [1.82, 2.24) is 0 Å². The van der Waals surface area contributed by atoms with Crippen LogP contribution < -0.4 is 0 Å². The van der Waals surface area contributed by atoms with Crippen LogP contribution in [0.5, 0.6) is 5.75 Å². The first-order chi connectivity index (χ1) is 18.6. The van der Waals surface area contributed by atoms with Crippen molar-refractivity contribution in [2.24, 2.45) is 0 Å². The Hall–Kier alpha value is -3.29. The number of aryl methyl sites for hydroxylation is 2. The molecule has 0 aliphatic heterocycles. The Labute approximate surface area is 242 Å². The highest BCUT2D eigenvalue weighted by Gasteiger charge is 2.02. The summed E-state index contributed by atoms with van der Waals surface area (Å²) < 4.78 is 0. The Balaban J connectivity index is 0. The van der Waals surface area contributed by atoms with E-state index < -0.39 is 5.97 Å². The second-order valence-electron chi connectivity index (χ2n) is 8.72. The Morgan fingerprint density at radius 1 is 1.05 bits per heavy atom. The summed E-state index contributed by atoms with van der Waals surface area (Å²) in [4.78, 5) is 9.60. The number of carboxylic acid groups (broad SMARTS) is 1. The zero-order valence-corrected chi connectivity index (χ0v) is 25.9. The molecular formula is C34H48ClNO3. The Morgan fingerprint density at radius 2 is 1.67 bits per heavy atom. The molecule has 0 bridgehead atoms. The van der Waals surface area contributed by atoms with Crippen LogP contribution in [0.25, 0.3) is 0 Å². The van der Waals surface area contributed by atoms with Crippen molar-refractivity contribution < 1.29 is 15.0 Å². The highest BCUT2D eigenvalue weighted by Crippen LogP contribution is 2.20. The van der Waals surface area contributed by atoms with Crippen LogP contribution in [0.15, 0.2) is 82.5 Å². The number of nitriles is 1. The number of phenols is 1. The molecular weight excluding hydrogens is 506 g/mol. The quantitative estimate of drug-likeness (QED) is 0.313. The molecule has 0 fully saturated rings. The first kappa shape index (κ1) is 37.9. The van der Waals surface area contributed by atoms with Gasteiger partial charge in [-0.3, -0.25) is 4.79 Å². The van der Waals surface area contributed by atoms with E-state index in [0.29, 0.717) is 12.0 Å². The maximum Gasteiger partial charge on any atom is 0.303 e. The van der Waals surface area contributed by atoms with Gasteiger partial charge < -0.3 is 10.2 Å². The minimum absolute atomic E-state index is 0.221. The molecule has 0 unspecified atom stereocenters. The summed E-state index contributed by atoms with van der Waals surface area (Å²) in [6, 6.07) is 5.26. The highest BCUT2D eigenvalue weighted by atomic mass is 35.5. The third-order valence-electron chi connectivity index (χ3n) is 5.37. The van der Waals surface area contributed by atoms with Crippen molar-refractivity contribution in [3.8, 4) is 11.8 Å². The number of hydrogen-bond donors (Lipinski definition) is 2. The van der Waals surface area contributed by atoms with Gasteiger partial charge in [0.15, 0.2) is 0 Å². The number of aliphatic carboxylic acids is 1. The molecule has 0 radical (unpaired) electrons. The first-order valence-electron chi connectivity index (χ1n) is 13.8. The summed E-state index contributed by atoms with van der Waals surface area (Å²) in [5.74, 6) is -0.489. The van der Waals surface area contributed by atoms with Crippen molar-refractivity contribution >= 4 is 17.6 Å². The fourth-order valence-corrected chi connectivity index (χ4v) is 3.52. The van der Waals surface area contributed by atoms with Gasteiger partial charge in [0.25, 0.3) is 0 Å². The van der Waals surface area contributed by atoms with Gasteiger partial charge in [0, 0.05) is 11.5 Å². The van der Waals surface area contributed by atoms with Crippen molar-refractivity contribution in [3.63, 3.8) is 0 Å². The number of benzene rings is 1. The smallest absolute Gasteiger partial charge is 0.303 e. The van der Waals surface area contributed by atoms with E-state index in [-0.39, 0.29) is 5.75 Å². The van der Waals surface area contributed by atoms with E-state index in [1.54, 1.807) is 12.1 Å². The van der Waals surface area contributed by atoms with Crippen LogP contribution in [0.4, 0.5) is 0 Å². The van der Waals surface area contributed by atoms with E-state index in [1.807, 2.05) is 46.8 Å². The van der Waals surface area contributed by atoms with Crippen LogP contribution in [0.2, 0.25) is 0 Å². The third kappa shape index (κ3) is 18.6. The molecule has 0 heterocycles.